The Kier molecular flexibility index (Phi) is 6.97. The summed E-state index contributed by atoms with van der Waals surface area (Å²) in [6.45, 7) is 0.776. The van der Waals surface area contributed by atoms with Gasteiger partial charge in [-0.25, -0.2) is 4.79 Å². The lowest BCUT2D eigenvalue weighted by Gasteiger charge is -2.10. The lowest BCUT2D eigenvalue weighted by atomic mass is 10.2. The summed E-state index contributed by atoms with van der Waals surface area (Å²) in [5.74, 6) is 0.0854. The van der Waals surface area contributed by atoms with Crippen molar-refractivity contribution >= 4 is 28.8 Å². The van der Waals surface area contributed by atoms with Crippen molar-refractivity contribution in [3.63, 3.8) is 0 Å². The second kappa shape index (κ2) is 10.4. The molecular formula is C22H20N6O7. The van der Waals surface area contributed by atoms with Crippen LogP contribution in [0.4, 0.5) is 16.3 Å². The van der Waals surface area contributed by atoms with Crippen LogP contribution < -0.4 is 19.9 Å². The van der Waals surface area contributed by atoms with E-state index in [1.54, 1.807) is 0 Å². The smallest absolute Gasteiger partial charge is 0.461 e. The molecule has 0 aliphatic carbocycles. The maximum Gasteiger partial charge on any atom is 0.521 e. The molecule has 0 aliphatic rings. The Hall–Kier alpha value is -4.78. The molecule has 4 aromatic rings. The molecule has 35 heavy (non-hydrogen) atoms. The van der Waals surface area contributed by atoms with E-state index in [0.717, 1.165) is 5.56 Å². The predicted octanol–water partition coefficient (Wildman–Crippen LogP) is 2.97. The Labute approximate surface area is 198 Å². The molecule has 0 atom stereocenters. The zero-order valence-electron chi connectivity index (χ0n) is 18.5. The molecule has 13 heteroatoms. The highest BCUT2D eigenvalue weighted by molar-refractivity contribution is 5.84. The first kappa shape index (κ1) is 23.4. The number of nitro benzene ring substituents is 1. The number of nitrogen functional groups attached to an aromatic ring is 1. The monoisotopic (exact) mass is 480 g/mol. The van der Waals surface area contributed by atoms with Crippen LogP contribution in [0.1, 0.15) is 5.56 Å². The van der Waals surface area contributed by atoms with E-state index in [9.17, 15) is 14.9 Å². The van der Waals surface area contributed by atoms with Crippen LogP contribution in [-0.2, 0) is 11.3 Å². The molecule has 13 nitrogen and oxygen atoms in total. The van der Waals surface area contributed by atoms with E-state index in [-0.39, 0.29) is 53.6 Å². The highest BCUT2D eigenvalue weighted by atomic mass is 16.7. The van der Waals surface area contributed by atoms with Crippen molar-refractivity contribution in [2.75, 3.05) is 26.1 Å². The molecule has 2 N–H and O–H groups in total. The summed E-state index contributed by atoms with van der Waals surface area (Å²) in [4.78, 5) is 35.5. The van der Waals surface area contributed by atoms with Gasteiger partial charge in [-0.1, -0.05) is 30.3 Å². The summed E-state index contributed by atoms with van der Waals surface area (Å²) in [5, 5.41) is 10.8. The van der Waals surface area contributed by atoms with Crippen molar-refractivity contribution in [2.45, 2.75) is 6.54 Å². The number of imidazole rings is 1. The molecule has 0 saturated heterocycles. The lowest BCUT2D eigenvalue weighted by molar-refractivity contribution is -0.384. The van der Waals surface area contributed by atoms with E-state index in [2.05, 4.69) is 15.0 Å². The quantitative estimate of drug-likeness (QED) is 0.123. The molecule has 0 bridgehead atoms. The van der Waals surface area contributed by atoms with Crippen molar-refractivity contribution < 1.29 is 28.7 Å². The van der Waals surface area contributed by atoms with Crippen LogP contribution in [0.2, 0.25) is 0 Å². The van der Waals surface area contributed by atoms with Crippen molar-refractivity contribution in [3.05, 3.63) is 70.3 Å². The van der Waals surface area contributed by atoms with Crippen LogP contribution in [0.15, 0.2) is 54.6 Å². The summed E-state index contributed by atoms with van der Waals surface area (Å²) < 4.78 is 22.5. The molecule has 2 heterocycles. The third-order valence-electron chi connectivity index (χ3n) is 4.69. The Morgan fingerprint density at radius 2 is 1.77 bits per heavy atom. The van der Waals surface area contributed by atoms with Gasteiger partial charge >= 0.3 is 18.2 Å². The van der Waals surface area contributed by atoms with E-state index in [0.29, 0.717) is 6.61 Å². The number of non-ortho nitro benzene ring substituents is 1. The van der Waals surface area contributed by atoms with Crippen LogP contribution in [0.5, 0.6) is 17.8 Å². The number of nitrogens with two attached hydrogens (primary N) is 1. The maximum atomic E-state index is 12.5. The van der Waals surface area contributed by atoms with Gasteiger partial charge in [-0.3, -0.25) is 14.7 Å². The molecule has 2 aromatic carbocycles. The number of hydrogen-bond donors (Lipinski definition) is 1. The van der Waals surface area contributed by atoms with Gasteiger partial charge in [0, 0.05) is 19.2 Å². The van der Waals surface area contributed by atoms with Gasteiger partial charge in [0.05, 0.1) is 18.1 Å². The largest absolute Gasteiger partial charge is 0.521 e. The number of carbonyl (C=O) groups excluding carboxylic acids is 1. The SMILES string of the molecule is COCCOc1nc(N)c2nc(OC(=O)Oc3ccc([N+](=O)[O-])cc3)n(Cc3ccccc3)c2n1. The minimum Gasteiger partial charge on any atom is -0.461 e. The molecule has 0 unspecified atom stereocenters. The Bertz CT molecular complexity index is 1340. The third kappa shape index (κ3) is 5.59. The fourth-order valence-corrected chi connectivity index (χ4v) is 3.08. The van der Waals surface area contributed by atoms with Gasteiger partial charge < -0.3 is 24.7 Å². The van der Waals surface area contributed by atoms with Crippen LogP contribution in [0, 0.1) is 10.1 Å². The van der Waals surface area contributed by atoms with Crippen LogP contribution in [0.25, 0.3) is 11.2 Å². The minimum atomic E-state index is -1.11. The number of carbonyl (C=O) groups is 1. The number of hydrogen-bond acceptors (Lipinski definition) is 11. The highest BCUT2D eigenvalue weighted by Crippen LogP contribution is 2.27. The molecule has 180 valence electrons. The minimum absolute atomic E-state index is 0.0151. The number of rotatable bonds is 9. The average molecular weight is 480 g/mol. The third-order valence-corrected chi connectivity index (χ3v) is 4.69. The number of nitrogens with zero attached hydrogens (tertiary/aromatic N) is 5. The highest BCUT2D eigenvalue weighted by Gasteiger charge is 2.22. The maximum absolute atomic E-state index is 12.5. The summed E-state index contributed by atoms with van der Waals surface area (Å²) >= 11 is 0. The van der Waals surface area contributed by atoms with Crippen molar-refractivity contribution in [3.8, 4) is 17.8 Å². The fraction of sp³-hybridized carbons (Fsp3) is 0.182. The zero-order valence-corrected chi connectivity index (χ0v) is 18.5. The zero-order chi connectivity index (χ0) is 24.8. The molecule has 0 saturated carbocycles. The average Bonchev–Trinajstić information content (AvgIpc) is 3.17. The van der Waals surface area contributed by atoms with E-state index in [1.165, 1.54) is 35.9 Å². The topological polar surface area (TPSA) is 167 Å². The molecule has 2 aromatic heterocycles. The molecule has 0 aliphatic heterocycles. The summed E-state index contributed by atoms with van der Waals surface area (Å²) in [5.41, 5.74) is 7.28. The normalized spacial score (nSPS) is 10.8. The van der Waals surface area contributed by atoms with Crippen molar-refractivity contribution in [1.82, 2.24) is 19.5 Å². The van der Waals surface area contributed by atoms with Gasteiger partial charge in [0.2, 0.25) is 0 Å². The van der Waals surface area contributed by atoms with Crippen molar-refractivity contribution in [1.29, 1.82) is 0 Å². The molecule has 0 fully saturated rings. The predicted molar refractivity (Wildman–Crippen MR) is 122 cm³/mol. The van der Waals surface area contributed by atoms with Gasteiger partial charge in [-0.2, -0.15) is 15.0 Å². The van der Waals surface area contributed by atoms with Crippen LogP contribution in [0.3, 0.4) is 0 Å². The number of fused-ring (bicyclic) bond motifs is 1. The number of nitro groups is 1. The summed E-state index contributed by atoms with van der Waals surface area (Å²) in [7, 11) is 1.54. The second-order valence-electron chi connectivity index (χ2n) is 7.08. The van der Waals surface area contributed by atoms with Gasteiger partial charge in [-0.05, 0) is 17.7 Å². The van der Waals surface area contributed by atoms with Gasteiger partial charge in [-0.15, -0.1) is 0 Å². The first-order chi connectivity index (χ1) is 16.9. The standard InChI is InChI=1S/C22H20N6O7/c1-32-11-12-33-20-25-18(23)17-19(26-20)27(13-14-5-3-2-4-6-14)21(24-17)35-22(29)34-16-9-7-15(8-10-16)28(30)31/h2-10H,11-13H2,1H3,(H2,23,25,26). The molecule has 0 spiro atoms. The lowest BCUT2D eigenvalue weighted by Crippen LogP contribution is -2.17. The first-order valence-electron chi connectivity index (χ1n) is 10.3. The molecule has 0 amide bonds. The fourth-order valence-electron chi connectivity index (χ4n) is 3.08. The number of ether oxygens (including phenoxy) is 4. The Morgan fingerprint density at radius 3 is 2.46 bits per heavy atom. The molecule has 0 radical (unpaired) electrons. The van der Waals surface area contributed by atoms with Gasteiger partial charge in [0.25, 0.3) is 5.69 Å². The van der Waals surface area contributed by atoms with E-state index in [1.807, 2.05) is 30.3 Å². The van der Waals surface area contributed by atoms with E-state index < -0.39 is 11.1 Å². The Balaban J connectivity index is 1.64. The van der Waals surface area contributed by atoms with E-state index >= 15 is 0 Å². The summed E-state index contributed by atoms with van der Waals surface area (Å²) in [6.07, 6.45) is -1.11. The first-order valence-corrected chi connectivity index (χ1v) is 10.3. The van der Waals surface area contributed by atoms with Gasteiger partial charge in [0.15, 0.2) is 17.0 Å². The Morgan fingerprint density at radius 1 is 1.03 bits per heavy atom. The van der Waals surface area contributed by atoms with Crippen LogP contribution >= 0.6 is 0 Å². The van der Waals surface area contributed by atoms with Crippen LogP contribution in [-0.4, -0.2) is 50.9 Å². The summed E-state index contributed by atoms with van der Waals surface area (Å²) in [6, 6.07) is 14.2. The number of aromatic nitrogens is 4. The number of methoxy groups -OCH3 is 1. The van der Waals surface area contributed by atoms with Gasteiger partial charge in [0.1, 0.15) is 12.4 Å². The van der Waals surface area contributed by atoms with Crippen molar-refractivity contribution in [2.24, 2.45) is 0 Å². The second-order valence-corrected chi connectivity index (χ2v) is 7.08. The van der Waals surface area contributed by atoms with E-state index in [4.69, 9.17) is 24.7 Å². The molecular weight excluding hydrogens is 460 g/mol. The molecule has 4 rings (SSSR count). The number of anilines is 1. The number of benzene rings is 2.